The summed E-state index contributed by atoms with van der Waals surface area (Å²) in [7, 11) is 0. The largest absolute Gasteiger partial charge is 0.475 e. The lowest BCUT2D eigenvalue weighted by Gasteiger charge is -2.32. The molecule has 0 bridgehead atoms. The summed E-state index contributed by atoms with van der Waals surface area (Å²) in [6, 6.07) is 1.05. The van der Waals surface area contributed by atoms with Crippen LogP contribution in [-0.2, 0) is 0 Å². The molecule has 7 nitrogen and oxygen atoms in total. The first-order chi connectivity index (χ1) is 10.9. The first-order valence-corrected chi connectivity index (χ1v) is 6.71. The maximum absolute atomic E-state index is 14.2. The Kier molecular flexibility index (Phi) is 3.66. The number of carboxylic acid groups (broad SMARTS) is 1. The summed E-state index contributed by atoms with van der Waals surface area (Å²) in [6.07, 6.45) is 0.507. The summed E-state index contributed by atoms with van der Waals surface area (Å²) in [6.45, 7) is -0.0000266. The Labute approximate surface area is 127 Å². The van der Waals surface area contributed by atoms with Gasteiger partial charge in [0.2, 0.25) is 0 Å². The predicted molar refractivity (Wildman–Crippen MR) is 70.8 cm³/mol. The smallest absolute Gasteiger partial charge is 0.377 e. The van der Waals surface area contributed by atoms with Crippen LogP contribution in [0.4, 0.5) is 19.0 Å². The van der Waals surface area contributed by atoms with Crippen LogP contribution in [0.3, 0.4) is 0 Å². The van der Waals surface area contributed by atoms with Crippen molar-refractivity contribution in [1.29, 1.82) is 0 Å². The van der Waals surface area contributed by atoms with Gasteiger partial charge in [0.15, 0.2) is 11.6 Å². The van der Waals surface area contributed by atoms with Crippen LogP contribution in [0.5, 0.6) is 0 Å². The standard InChI is InChI=1S/C13H11F3N4O3/c14-8-5-7(11-18-9(12(21)22)19-23-11)6-17-10(8)20-3-1-13(15,16)2-4-20/h5-6H,1-4H2,(H,21,22). The minimum atomic E-state index is -2.73. The molecule has 0 atom stereocenters. The zero-order valence-corrected chi connectivity index (χ0v) is 11.7. The summed E-state index contributed by atoms with van der Waals surface area (Å²) in [5.41, 5.74) is 0.105. The van der Waals surface area contributed by atoms with E-state index in [-0.39, 0.29) is 43.2 Å². The molecule has 0 aliphatic carbocycles. The number of aromatic carboxylic acids is 1. The number of pyridine rings is 1. The molecule has 3 rings (SSSR count). The molecule has 0 radical (unpaired) electrons. The van der Waals surface area contributed by atoms with Crippen LogP contribution in [0.2, 0.25) is 0 Å². The molecule has 23 heavy (non-hydrogen) atoms. The second kappa shape index (κ2) is 5.52. The number of nitrogens with zero attached hydrogens (tertiary/aromatic N) is 4. The van der Waals surface area contributed by atoms with Crippen molar-refractivity contribution in [1.82, 2.24) is 15.1 Å². The average molecular weight is 328 g/mol. The molecule has 1 N–H and O–H groups in total. The highest BCUT2D eigenvalue weighted by atomic mass is 19.3. The zero-order valence-electron chi connectivity index (χ0n) is 11.7. The van der Waals surface area contributed by atoms with E-state index in [0.717, 1.165) is 6.07 Å². The summed E-state index contributed by atoms with van der Waals surface area (Å²) in [5, 5.41) is 11.9. The van der Waals surface area contributed by atoms with Gasteiger partial charge in [0.25, 0.3) is 17.6 Å². The Bertz CT molecular complexity index is 740. The topological polar surface area (TPSA) is 92.3 Å². The highest BCUT2D eigenvalue weighted by Crippen LogP contribution is 2.31. The van der Waals surface area contributed by atoms with Gasteiger partial charge < -0.3 is 14.5 Å². The van der Waals surface area contributed by atoms with E-state index in [1.165, 1.54) is 11.1 Å². The molecule has 1 saturated heterocycles. The first kappa shape index (κ1) is 15.3. The second-order valence-corrected chi connectivity index (χ2v) is 5.10. The fraction of sp³-hybridized carbons (Fsp3) is 0.385. The minimum absolute atomic E-state index is 0.0000133. The van der Waals surface area contributed by atoms with Crippen LogP contribution in [0.25, 0.3) is 11.5 Å². The number of aromatic nitrogens is 3. The number of piperidine rings is 1. The van der Waals surface area contributed by atoms with Crippen LogP contribution >= 0.6 is 0 Å². The van der Waals surface area contributed by atoms with Crippen molar-refractivity contribution in [2.75, 3.05) is 18.0 Å². The Morgan fingerprint density at radius 1 is 1.35 bits per heavy atom. The van der Waals surface area contributed by atoms with Gasteiger partial charge in [-0.25, -0.2) is 22.9 Å². The van der Waals surface area contributed by atoms with Crippen LogP contribution < -0.4 is 4.90 Å². The number of hydrogen-bond acceptors (Lipinski definition) is 6. The van der Waals surface area contributed by atoms with Crippen molar-refractivity contribution in [3.8, 4) is 11.5 Å². The van der Waals surface area contributed by atoms with Gasteiger partial charge in [0.1, 0.15) is 0 Å². The van der Waals surface area contributed by atoms with Crippen LogP contribution in [0.15, 0.2) is 16.8 Å². The molecule has 0 spiro atoms. The van der Waals surface area contributed by atoms with E-state index in [2.05, 4.69) is 15.1 Å². The van der Waals surface area contributed by atoms with E-state index in [1.807, 2.05) is 0 Å². The third kappa shape index (κ3) is 3.10. The van der Waals surface area contributed by atoms with Gasteiger partial charge in [-0.2, -0.15) is 4.98 Å². The van der Waals surface area contributed by atoms with Gasteiger partial charge in [-0.05, 0) is 11.2 Å². The van der Waals surface area contributed by atoms with Crippen molar-refractivity contribution in [3.05, 3.63) is 23.9 Å². The zero-order chi connectivity index (χ0) is 16.6. The van der Waals surface area contributed by atoms with Gasteiger partial charge in [0, 0.05) is 32.1 Å². The third-order valence-corrected chi connectivity index (χ3v) is 3.48. The van der Waals surface area contributed by atoms with Crippen LogP contribution in [0, 0.1) is 5.82 Å². The highest BCUT2D eigenvalue weighted by Gasteiger charge is 2.35. The van der Waals surface area contributed by atoms with Crippen LogP contribution in [0.1, 0.15) is 23.5 Å². The number of carboxylic acids is 1. The number of rotatable bonds is 3. The number of anilines is 1. The molecule has 2 aromatic rings. The number of halogens is 3. The molecule has 0 aromatic carbocycles. The Hall–Kier alpha value is -2.65. The maximum atomic E-state index is 14.2. The van der Waals surface area contributed by atoms with E-state index >= 15 is 0 Å². The van der Waals surface area contributed by atoms with Gasteiger partial charge >= 0.3 is 5.97 Å². The molecule has 1 fully saturated rings. The van der Waals surface area contributed by atoms with E-state index in [9.17, 15) is 18.0 Å². The molecule has 2 aromatic heterocycles. The SMILES string of the molecule is O=C(O)c1noc(-c2cnc(N3CCC(F)(F)CC3)c(F)c2)n1. The van der Waals surface area contributed by atoms with Crippen molar-refractivity contribution in [3.63, 3.8) is 0 Å². The first-order valence-electron chi connectivity index (χ1n) is 6.71. The molecule has 1 aliphatic rings. The molecular weight excluding hydrogens is 317 g/mol. The fourth-order valence-electron chi connectivity index (χ4n) is 2.25. The van der Waals surface area contributed by atoms with Crippen molar-refractivity contribution in [2.45, 2.75) is 18.8 Å². The quantitative estimate of drug-likeness (QED) is 0.923. The summed E-state index contributed by atoms with van der Waals surface area (Å²) in [4.78, 5) is 19.6. The molecular formula is C13H11F3N4O3. The fourth-order valence-corrected chi connectivity index (χ4v) is 2.25. The predicted octanol–water partition coefficient (Wildman–Crippen LogP) is 2.20. The molecule has 0 unspecified atom stereocenters. The lowest BCUT2D eigenvalue weighted by Crippen LogP contribution is -2.40. The Morgan fingerprint density at radius 3 is 2.61 bits per heavy atom. The molecule has 1 aliphatic heterocycles. The molecule has 0 saturated carbocycles. The lowest BCUT2D eigenvalue weighted by atomic mass is 10.1. The van der Waals surface area contributed by atoms with Gasteiger partial charge in [-0.1, -0.05) is 0 Å². The monoisotopic (exact) mass is 328 g/mol. The summed E-state index contributed by atoms with van der Waals surface area (Å²) < 4.78 is 45.2. The van der Waals surface area contributed by atoms with E-state index < -0.39 is 23.5 Å². The van der Waals surface area contributed by atoms with Crippen LogP contribution in [-0.4, -0.2) is 45.2 Å². The van der Waals surface area contributed by atoms with Crippen molar-refractivity contribution >= 4 is 11.8 Å². The van der Waals surface area contributed by atoms with Gasteiger partial charge in [-0.3, -0.25) is 0 Å². The summed E-state index contributed by atoms with van der Waals surface area (Å²) in [5.74, 6) is -5.62. The number of carbonyl (C=O) groups is 1. The number of alkyl halides is 2. The molecule has 122 valence electrons. The second-order valence-electron chi connectivity index (χ2n) is 5.10. The average Bonchev–Trinajstić information content (AvgIpc) is 2.98. The minimum Gasteiger partial charge on any atom is -0.475 e. The van der Waals surface area contributed by atoms with Crippen molar-refractivity contribution < 1.29 is 27.6 Å². The molecule has 3 heterocycles. The van der Waals surface area contributed by atoms with E-state index in [1.54, 1.807) is 0 Å². The van der Waals surface area contributed by atoms with Crippen molar-refractivity contribution in [2.24, 2.45) is 0 Å². The lowest BCUT2D eigenvalue weighted by molar-refractivity contribution is -0.0222. The maximum Gasteiger partial charge on any atom is 0.377 e. The van der Waals surface area contributed by atoms with Gasteiger partial charge in [0.05, 0.1) is 5.56 Å². The Morgan fingerprint density at radius 2 is 2.04 bits per heavy atom. The third-order valence-electron chi connectivity index (χ3n) is 3.48. The normalized spacial score (nSPS) is 17.3. The number of hydrogen-bond donors (Lipinski definition) is 1. The Balaban J connectivity index is 1.82. The molecule has 0 amide bonds. The van der Waals surface area contributed by atoms with E-state index in [0.29, 0.717) is 0 Å². The highest BCUT2D eigenvalue weighted by molar-refractivity contribution is 5.83. The molecule has 10 heteroatoms. The summed E-state index contributed by atoms with van der Waals surface area (Å²) >= 11 is 0. The van der Waals surface area contributed by atoms with Gasteiger partial charge in [-0.15, -0.1) is 0 Å². The van der Waals surface area contributed by atoms with E-state index in [4.69, 9.17) is 9.63 Å².